The molecule has 5 nitrogen and oxygen atoms in total. The van der Waals surface area contributed by atoms with Crippen LogP contribution >= 0.6 is 0 Å². The summed E-state index contributed by atoms with van der Waals surface area (Å²) in [6.07, 6.45) is 5.29. The molecule has 0 radical (unpaired) electrons. The molecule has 5 rings (SSSR count). The van der Waals surface area contributed by atoms with E-state index in [0.717, 1.165) is 51.1 Å². The largest absolute Gasteiger partial charge is 0.496 e. The lowest BCUT2D eigenvalue weighted by atomic mass is 9.76. The van der Waals surface area contributed by atoms with E-state index in [4.69, 9.17) is 4.74 Å². The molecule has 0 spiro atoms. The Labute approximate surface area is 185 Å². The lowest BCUT2D eigenvalue weighted by molar-refractivity contribution is 0.00503. The van der Waals surface area contributed by atoms with E-state index in [2.05, 4.69) is 57.6 Å². The van der Waals surface area contributed by atoms with Crippen LogP contribution in [0.4, 0.5) is 4.79 Å². The van der Waals surface area contributed by atoms with Crippen molar-refractivity contribution >= 4 is 6.03 Å². The summed E-state index contributed by atoms with van der Waals surface area (Å²) in [6.45, 7) is 3.74. The molecule has 2 amide bonds. The van der Waals surface area contributed by atoms with Crippen LogP contribution in [0.3, 0.4) is 0 Å². The monoisotopic (exact) mass is 419 g/mol. The molecule has 0 bridgehead atoms. The number of likely N-dealkylation sites (tertiary alicyclic amines) is 1. The van der Waals surface area contributed by atoms with Crippen molar-refractivity contribution in [2.75, 3.05) is 33.3 Å². The van der Waals surface area contributed by atoms with Gasteiger partial charge in [0.25, 0.3) is 0 Å². The number of hydrogen-bond acceptors (Lipinski definition) is 3. The van der Waals surface area contributed by atoms with Crippen LogP contribution in [0, 0.1) is 5.92 Å². The highest BCUT2D eigenvalue weighted by Gasteiger charge is 2.44. The lowest BCUT2D eigenvalue weighted by Crippen LogP contribution is -2.59. The number of benzene rings is 2. The molecule has 1 N–H and O–H groups in total. The predicted octanol–water partition coefficient (Wildman–Crippen LogP) is 4.03. The zero-order valence-electron chi connectivity index (χ0n) is 18.4. The van der Waals surface area contributed by atoms with E-state index in [0.29, 0.717) is 24.5 Å². The first-order valence-electron chi connectivity index (χ1n) is 11.7. The Morgan fingerprint density at radius 3 is 2.84 bits per heavy atom. The molecular weight excluding hydrogens is 386 g/mol. The molecule has 5 heteroatoms. The quantitative estimate of drug-likeness (QED) is 0.814. The SMILES string of the molecule is COc1cccc2c1[C@H]1C[C@@H]3[C@@H](CCCN3C(=O)NCCc3ccccc3)CN1CC2. The second kappa shape index (κ2) is 8.91. The highest BCUT2D eigenvalue weighted by atomic mass is 16.5. The number of nitrogens with zero attached hydrogens (tertiary/aromatic N) is 2. The van der Waals surface area contributed by atoms with E-state index in [9.17, 15) is 4.79 Å². The third kappa shape index (κ3) is 4.03. The zero-order valence-corrected chi connectivity index (χ0v) is 18.4. The number of hydrogen-bond donors (Lipinski definition) is 1. The maximum Gasteiger partial charge on any atom is 0.317 e. The molecule has 2 aromatic carbocycles. The highest BCUT2D eigenvalue weighted by molar-refractivity contribution is 5.74. The van der Waals surface area contributed by atoms with Crippen molar-refractivity contribution in [3.05, 3.63) is 65.2 Å². The molecule has 3 heterocycles. The van der Waals surface area contributed by atoms with Crippen molar-refractivity contribution in [2.45, 2.75) is 44.2 Å². The van der Waals surface area contributed by atoms with E-state index in [1.807, 2.05) is 6.07 Å². The number of amides is 2. The summed E-state index contributed by atoms with van der Waals surface area (Å²) in [5.41, 5.74) is 4.02. The first-order valence-corrected chi connectivity index (χ1v) is 11.7. The molecule has 3 aliphatic rings. The van der Waals surface area contributed by atoms with Gasteiger partial charge in [0.05, 0.1) is 7.11 Å². The lowest BCUT2D eigenvalue weighted by Gasteiger charge is -2.52. The molecule has 3 aliphatic heterocycles. The number of methoxy groups -OCH3 is 1. The van der Waals surface area contributed by atoms with Gasteiger partial charge in [-0.05, 0) is 55.2 Å². The molecule has 0 saturated carbocycles. The summed E-state index contributed by atoms with van der Waals surface area (Å²) >= 11 is 0. The molecule has 2 saturated heterocycles. The van der Waals surface area contributed by atoms with Crippen LogP contribution in [-0.4, -0.2) is 55.2 Å². The first kappa shape index (κ1) is 20.4. The van der Waals surface area contributed by atoms with Crippen molar-refractivity contribution in [1.29, 1.82) is 0 Å². The zero-order chi connectivity index (χ0) is 21.2. The summed E-state index contributed by atoms with van der Waals surface area (Å²) in [5, 5.41) is 3.20. The van der Waals surface area contributed by atoms with E-state index in [-0.39, 0.29) is 6.03 Å². The third-order valence-corrected chi connectivity index (χ3v) is 7.46. The van der Waals surface area contributed by atoms with Gasteiger partial charge in [0.1, 0.15) is 5.75 Å². The number of urea groups is 1. The van der Waals surface area contributed by atoms with Gasteiger partial charge in [0, 0.05) is 43.8 Å². The molecule has 0 unspecified atom stereocenters. The number of ether oxygens (including phenoxy) is 1. The first-order chi connectivity index (χ1) is 15.2. The van der Waals surface area contributed by atoms with Crippen molar-refractivity contribution in [3.8, 4) is 5.75 Å². The summed E-state index contributed by atoms with van der Waals surface area (Å²) in [6, 6.07) is 17.6. The smallest absolute Gasteiger partial charge is 0.317 e. The summed E-state index contributed by atoms with van der Waals surface area (Å²) in [4.78, 5) is 17.9. The van der Waals surface area contributed by atoms with Crippen molar-refractivity contribution < 1.29 is 9.53 Å². The highest BCUT2D eigenvalue weighted by Crippen LogP contribution is 2.45. The van der Waals surface area contributed by atoms with Gasteiger partial charge < -0.3 is 15.0 Å². The number of piperidine rings is 2. The van der Waals surface area contributed by atoms with E-state index in [1.165, 1.54) is 23.1 Å². The van der Waals surface area contributed by atoms with Crippen LogP contribution < -0.4 is 10.1 Å². The molecular formula is C26H33N3O2. The molecule has 31 heavy (non-hydrogen) atoms. The van der Waals surface area contributed by atoms with Gasteiger partial charge in [0.15, 0.2) is 0 Å². The molecule has 2 aromatic rings. The molecule has 0 aliphatic carbocycles. The van der Waals surface area contributed by atoms with Gasteiger partial charge >= 0.3 is 6.03 Å². The number of nitrogens with one attached hydrogen (secondary N) is 1. The maximum atomic E-state index is 13.1. The summed E-state index contributed by atoms with van der Waals surface area (Å²) in [7, 11) is 1.77. The maximum absolute atomic E-state index is 13.1. The number of rotatable bonds is 4. The standard InChI is InChI=1S/C26H33N3O2/c1-31-24-11-5-9-20-13-16-28-18-21-10-6-15-29(22(21)17-23(28)25(20)24)26(30)27-14-12-19-7-3-2-4-8-19/h2-5,7-9,11,21-23H,6,10,12-18H2,1H3,(H,27,30)/t21-,22+,23+/m0/s1. The molecule has 3 atom stereocenters. The average Bonchev–Trinajstić information content (AvgIpc) is 2.82. The minimum atomic E-state index is 0.107. The normalized spacial score (nSPS) is 25.2. The van der Waals surface area contributed by atoms with Gasteiger partial charge in [-0.3, -0.25) is 4.90 Å². The Bertz CT molecular complexity index is 902. The Morgan fingerprint density at radius 1 is 1.13 bits per heavy atom. The van der Waals surface area contributed by atoms with Gasteiger partial charge in [-0.2, -0.15) is 0 Å². The van der Waals surface area contributed by atoms with Crippen LogP contribution in [-0.2, 0) is 12.8 Å². The molecule has 2 fully saturated rings. The van der Waals surface area contributed by atoms with Crippen LogP contribution in [0.25, 0.3) is 0 Å². The second-order valence-corrected chi connectivity index (χ2v) is 9.16. The van der Waals surface area contributed by atoms with Crippen molar-refractivity contribution in [3.63, 3.8) is 0 Å². The number of carbonyl (C=O) groups excluding carboxylic acids is 1. The number of fused-ring (bicyclic) bond motifs is 4. The average molecular weight is 420 g/mol. The summed E-state index contributed by atoms with van der Waals surface area (Å²) in [5.74, 6) is 1.57. The van der Waals surface area contributed by atoms with E-state index in [1.54, 1.807) is 7.11 Å². The Kier molecular flexibility index (Phi) is 5.86. The minimum Gasteiger partial charge on any atom is -0.496 e. The summed E-state index contributed by atoms with van der Waals surface area (Å²) < 4.78 is 5.75. The van der Waals surface area contributed by atoms with Gasteiger partial charge in [-0.1, -0.05) is 42.5 Å². The van der Waals surface area contributed by atoms with Crippen molar-refractivity contribution in [2.24, 2.45) is 5.92 Å². The van der Waals surface area contributed by atoms with Gasteiger partial charge in [0.2, 0.25) is 0 Å². The van der Waals surface area contributed by atoms with Crippen molar-refractivity contribution in [1.82, 2.24) is 15.1 Å². The van der Waals surface area contributed by atoms with Gasteiger partial charge in [-0.25, -0.2) is 4.79 Å². The van der Waals surface area contributed by atoms with Gasteiger partial charge in [-0.15, -0.1) is 0 Å². The van der Waals surface area contributed by atoms with Crippen LogP contribution in [0.5, 0.6) is 5.75 Å². The Balaban J connectivity index is 1.30. The molecule has 0 aromatic heterocycles. The predicted molar refractivity (Wildman–Crippen MR) is 122 cm³/mol. The fourth-order valence-electron chi connectivity index (χ4n) is 5.96. The Morgan fingerprint density at radius 2 is 2.00 bits per heavy atom. The van der Waals surface area contributed by atoms with Crippen LogP contribution in [0.2, 0.25) is 0 Å². The minimum absolute atomic E-state index is 0.107. The van der Waals surface area contributed by atoms with Crippen LogP contribution in [0.15, 0.2) is 48.5 Å². The third-order valence-electron chi connectivity index (χ3n) is 7.46. The van der Waals surface area contributed by atoms with Crippen LogP contribution in [0.1, 0.15) is 42.0 Å². The fraction of sp³-hybridized carbons (Fsp3) is 0.500. The number of carbonyl (C=O) groups is 1. The topological polar surface area (TPSA) is 44.8 Å². The van der Waals surface area contributed by atoms with E-state index < -0.39 is 0 Å². The Hall–Kier alpha value is -2.53. The van der Waals surface area contributed by atoms with E-state index >= 15 is 0 Å². The fourth-order valence-corrected chi connectivity index (χ4v) is 5.96. The molecule has 164 valence electrons. The second-order valence-electron chi connectivity index (χ2n) is 9.16.